The number of furan rings is 1. The van der Waals surface area contributed by atoms with E-state index in [9.17, 15) is 0 Å². The molecule has 0 amide bonds. The van der Waals surface area contributed by atoms with Gasteiger partial charge in [0, 0.05) is 33.9 Å². The lowest BCUT2D eigenvalue weighted by atomic mass is 9.95. The third-order valence-electron chi connectivity index (χ3n) is 11.2. The minimum atomic E-state index is 0.868. The van der Waals surface area contributed by atoms with Crippen LogP contribution in [0.1, 0.15) is 0 Å². The molecule has 0 fully saturated rings. The number of para-hydroxylation sites is 1. The van der Waals surface area contributed by atoms with Crippen LogP contribution in [0.2, 0.25) is 0 Å². The highest BCUT2D eigenvalue weighted by molar-refractivity contribution is 6.09. The molecule has 0 atom stereocenters. The van der Waals surface area contributed by atoms with Gasteiger partial charge in [0.2, 0.25) is 0 Å². The van der Waals surface area contributed by atoms with Gasteiger partial charge < -0.3 is 9.32 Å². The van der Waals surface area contributed by atoms with E-state index < -0.39 is 0 Å². The predicted octanol–water partition coefficient (Wildman–Crippen LogP) is 15.5. The second-order valence-corrected chi connectivity index (χ2v) is 14.5. The van der Waals surface area contributed by atoms with Gasteiger partial charge in [0.1, 0.15) is 11.2 Å². The van der Waals surface area contributed by atoms with Gasteiger partial charge in [0.25, 0.3) is 0 Å². The normalized spacial score (nSPS) is 11.6. The molecule has 11 aromatic rings. The van der Waals surface area contributed by atoms with E-state index in [0.29, 0.717) is 0 Å². The van der Waals surface area contributed by atoms with Crippen molar-refractivity contribution in [1.29, 1.82) is 0 Å². The van der Waals surface area contributed by atoms with Crippen LogP contribution < -0.4 is 4.90 Å². The number of hydrogen-bond acceptors (Lipinski definition) is 2. The predicted molar refractivity (Wildman–Crippen MR) is 237 cm³/mol. The van der Waals surface area contributed by atoms with Gasteiger partial charge in [-0.2, -0.15) is 0 Å². The Morgan fingerprint density at radius 2 is 0.821 bits per heavy atom. The topological polar surface area (TPSA) is 16.4 Å². The minimum absolute atomic E-state index is 0.868. The monoisotopic (exact) mass is 713 g/mol. The van der Waals surface area contributed by atoms with Crippen LogP contribution in [0.15, 0.2) is 217 Å². The second kappa shape index (κ2) is 13.2. The van der Waals surface area contributed by atoms with Crippen LogP contribution in [0.4, 0.5) is 17.1 Å². The molecule has 10 aromatic carbocycles. The molecule has 2 nitrogen and oxygen atoms in total. The molecule has 0 aliphatic carbocycles. The second-order valence-electron chi connectivity index (χ2n) is 14.5. The van der Waals surface area contributed by atoms with Crippen molar-refractivity contribution in [2.45, 2.75) is 0 Å². The number of hydrogen-bond donors (Lipinski definition) is 0. The minimum Gasteiger partial charge on any atom is -0.456 e. The first kappa shape index (κ1) is 32.0. The van der Waals surface area contributed by atoms with E-state index in [2.05, 4.69) is 205 Å². The molecule has 0 bridgehead atoms. The van der Waals surface area contributed by atoms with Gasteiger partial charge in [0.15, 0.2) is 0 Å². The summed E-state index contributed by atoms with van der Waals surface area (Å²) in [6.45, 7) is 0. The molecule has 1 heterocycles. The molecular weight excluding hydrogens is 679 g/mol. The van der Waals surface area contributed by atoms with E-state index in [1.54, 1.807) is 0 Å². The maximum absolute atomic E-state index is 6.41. The van der Waals surface area contributed by atoms with E-state index in [1.165, 1.54) is 60.1 Å². The number of nitrogens with zero attached hydrogens (tertiary/aromatic N) is 1. The molecule has 56 heavy (non-hydrogen) atoms. The fourth-order valence-corrected chi connectivity index (χ4v) is 8.46. The Labute approximate surface area is 325 Å². The van der Waals surface area contributed by atoms with Crippen molar-refractivity contribution in [3.63, 3.8) is 0 Å². The van der Waals surface area contributed by atoms with Crippen molar-refractivity contribution in [3.05, 3.63) is 212 Å². The van der Waals surface area contributed by atoms with Crippen LogP contribution in [-0.4, -0.2) is 0 Å². The molecule has 1 aromatic heterocycles. The van der Waals surface area contributed by atoms with E-state index in [4.69, 9.17) is 4.42 Å². The van der Waals surface area contributed by atoms with E-state index in [0.717, 1.165) is 44.6 Å². The smallest absolute Gasteiger partial charge is 0.137 e. The van der Waals surface area contributed by atoms with Gasteiger partial charge in [0.05, 0.1) is 0 Å². The van der Waals surface area contributed by atoms with Crippen molar-refractivity contribution in [2.24, 2.45) is 0 Å². The molecule has 0 aliphatic heterocycles. The zero-order valence-corrected chi connectivity index (χ0v) is 30.6. The first-order chi connectivity index (χ1) is 27.7. The molecule has 2 heteroatoms. The molecule has 262 valence electrons. The zero-order chi connectivity index (χ0) is 37.0. The average Bonchev–Trinajstić information content (AvgIpc) is 3.64. The number of anilines is 3. The summed E-state index contributed by atoms with van der Waals surface area (Å²) in [6.07, 6.45) is 0. The van der Waals surface area contributed by atoms with Gasteiger partial charge in [-0.05, 0) is 120 Å². The fourth-order valence-electron chi connectivity index (χ4n) is 8.46. The average molecular weight is 714 g/mol. The Kier molecular flexibility index (Phi) is 7.53. The van der Waals surface area contributed by atoms with E-state index in [-0.39, 0.29) is 0 Å². The Morgan fingerprint density at radius 3 is 1.70 bits per heavy atom. The molecular formula is C54H35NO. The van der Waals surface area contributed by atoms with Crippen molar-refractivity contribution in [2.75, 3.05) is 4.90 Å². The number of fused-ring (bicyclic) bond motifs is 7. The zero-order valence-electron chi connectivity index (χ0n) is 30.6. The van der Waals surface area contributed by atoms with Gasteiger partial charge in [-0.15, -0.1) is 0 Å². The Bertz CT molecular complexity index is 3260. The molecule has 0 spiro atoms. The third-order valence-corrected chi connectivity index (χ3v) is 11.2. The van der Waals surface area contributed by atoms with Gasteiger partial charge in [-0.1, -0.05) is 152 Å². The van der Waals surface area contributed by atoms with Crippen LogP contribution in [0.5, 0.6) is 0 Å². The molecule has 0 unspecified atom stereocenters. The molecule has 0 N–H and O–H groups in total. The van der Waals surface area contributed by atoms with Crippen molar-refractivity contribution >= 4 is 71.3 Å². The SMILES string of the molecule is c1cc(-c2cccc(N(c3ccc(-c4ccc5c(ccc6ccccc65)c4)cc3)c3ccc4c(c3)oc3ccccc34)c2)cc(-c2cccc3ccccc23)c1. The third kappa shape index (κ3) is 5.51. The molecule has 0 radical (unpaired) electrons. The summed E-state index contributed by atoms with van der Waals surface area (Å²) in [5.41, 5.74) is 12.1. The largest absolute Gasteiger partial charge is 0.456 e. The highest BCUT2D eigenvalue weighted by Crippen LogP contribution is 2.41. The van der Waals surface area contributed by atoms with Gasteiger partial charge in [-0.3, -0.25) is 0 Å². The standard InChI is InChI=1S/C54H35NO/c1-3-17-47-37(10-1)12-9-20-49(47)42-15-7-13-39(32-42)40-14-8-16-45(34-40)55(46-29-31-52-51-19-5-6-21-53(51)56-54(52)35-46)44-27-24-36(25-28-44)41-26-30-50-43(33-41)23-22-38-11-2-4-18-48(38)50/h1-35H. The summed E-state index contributed by atoms with van der Waals surface area (Å²) in [4.78, 5) is 2.33. The van der Waals surface area contributed by atoms with Crippen LogP contribution >= 0.6 is 0 Å². The summed E-state index contributed by atoms with van der Waals surface area (Å²) in [5, 5.41) is 9.81. The summed E-state index contributed by atoms with van der Waals surface area (Å²) in [7, 11) is 0. The van der Waals surface area contributed by atoms with Gasteiger partial charge >= 0.3 is 0 Å². The summed E-state index contributed by atoms with van der Waals surface area (Å²) >= 11 is 0. The lowest BCUT2D eigenvalue weighted by Gasteiger charge is -2.26. The van der Waals surface area contributed by atoms with Crippen LogP contribution in [0.3, 0.4) is 0 Å². The molecule has 0 aliphatic rings. The van der Waals surface area contributed by atoms with Crippen molar-refractivity contribution < 1.29 is 4.42 Å². The molecule has 0 saturated carbocycles. The Balaban J connectivity index is 1.01. The van der Waals surface area contributed by atoms with Crippen LogP contribution in [0, 0.1) is 0 Å². The van der Waals surface area contributed by atoms with Crippen molar-refractivity contribution in [1.82, 2.24) is 0 Å². The Hall–Kier alpha value is -7.42. The first-order valence-electron chi connectivity index (χ1n) is 19.2. The molecule has 11 rings (SSSR count). The van der Waals surface area contributed by atoms with E-state index >= 15 is 0 Å². The lowest BCUT2D eigenvalue weighted by molar-refractivity contribution is 0.669. The molecule has 0 saturated heterocycles. The van der Waals surface area contributed by atoms with Crippen molar-refractivity contribution in [3.8, 4) is 33.4 Å². The van der Waals surface area contributed by atoms with Crippen LogP contribution in [0.25, 0.3) is 87.6 Å². The summed E-state index contributed by atoms with van der Waals surface area (Å²) in [5.74, 6) is 0. The lowest BCUT2D eigenvalue weighted by Crippen LogP contribution is -2.10. The maximum Gasteiger partial charge on any atom is 0.137 e. The summed E-state index contributed by atoms with van der Waals surface area (Å²) in [6, 6.07) is 76.5. The maximum atomic E-state index is 6.41. The highest BCUT2D eigenvalue weighted by Gasteiger charge is 2.17. The van der Waals surface area contributed by atoms with E-state index in [1.807, 2.05) is 12.1 Å². The fraction of sp³-hybridized carbons (Fsp3) is 0. The summed E-state index contributed by atoms with van der Waals surface area (Å²) < 4.78 is 6.41. The number of rotatable bonds is 6. The van der Waals surface area contributed by atoms with Crippen LogP contribution in [-0.2, 0) is 0 Å². The first-order valence-corrected chi connectivity index (χ1v) is 19.2. The number of benzene rings is 10. The Morgan fingerprint density at radius 1 is 0.268 bits per heavy atom. The van der Waals surface area contributed by atoms with Gasteiger partial charge in [-0.25, -0.2) is 0 Å². The highest BCUT2D eigenvalue weighted by atomic mass is 16.3. The quantitative estimate of drug-likeness (QED) is 0.160.